The fourth-order valence-electron chi connectivity index (χ4n) is 2.69. The number of aryl methyl sites for hydroxylation is 1. The van der Waals surface area contributed by atoms with E-state index in [0.717, 1.165) is 25.0 Å². The van der Waals surface area contributed by atoms with Crippen LogP contribution >= 0.6 is 0 Å². The minimum Gasteiger partial charge on any atom is -0.497 e. The summed E-state index contributed by atoms with van der Waals surface area (Å²) >= 11 is 0. The van der Waals surface area contributed by atoms with E-state index in [1.807, 2.05) is 6.07 Å². The van der Waals surface area contributed by atoms with E-state index in [2.05, 4.69) is 17.4 Å². The maximum Gasteiger partial charge on any atom is 0.119 e. The van der Waals surface area contributed by atoms with Crippen LogP contribution in [0.15, 0.2) is 18.2 Å². The van der Waals surface area contributed by atoms with Crippen LogP contribution in [-0.4, -0.2) is 44.6 Å². The van der Waals surface area contributed by atoms with Gasteiger partial charge in [0.15, 0.2) is 0 Å². The maximum atomic E-state index is 9.30. The molecule has 2 N–H and O–H groups in total. The standard InChI is InChI=1S/C15H23NO3/c1-18-10-14(9-17)16-13-5-3-11-4-6-15(19-2)8-12(11)7-13/h4,6,8,13-14,16-17H,3,5,7,9-10H2,1-2H3. The van der Waals surface area contributed by atoms with Crippen LogP contribution in [0.3, 0.4) is 0 Å². The zero-order valence-corrected chi connectivity index (χ0v) is 11.7. The monoisotopic (exact) mass is 265 g/mol. The second-order valence-corrected chi connectivity index (χ2v) is 5.08. The number of methoxy groups -OCH3 is 2. The molecule has 1 aromatic carbocycles. The van der Waals surface area contributed by atoms with E-state index in [0.29, 0.717) is 12.6 Å². The fourth-order valence-corrected chi connectivity index (χ4v) is 2.69. The number of fused-ring (bicyclic) bond motifs is 1. The summed E-state index contributed by atoms with van der Waals surface area (Å²) in [4.78, 5) is 0. The van der Waals surface area contributed by atoms with Gasteiger partial charge in [0, 0.05) is 13.2 Å². The molecule has 0 amide bonds. The zero-order chi connectivity index (χ0) is 13.7. The van der Waals surface area contributed by atoms with Crippen LogP contribution in [0, 0.1) is 0 Å². The van der Waals surface area contributed by atoms with Gasteiger partial charge in [-0.25, -0.2) is 0 Å². The predicted octanol–water partition coefficient (Wildman–Crippen LogP) is 1.15. The Labute approximate surface area is 114 Å². The summed E-state index contributed by atoms with van der Waals surface area (Å²) in [6, 6.07) is 6.71. The molecule has 1 aliphatic rings. The number of rotatable bonds is 6. The van der Waals surface area contributed by atoms with Gasteiger partial charge >= 0.3 is 0 Å². The molecular weight excluding hydrogens is 242 g/mol. The largest absolute Gasteiger partial charge is 0.497 e. The summed E-state index contributed by atoms with van der Waals surface area (Å²) in [6.45, 7) is 0.646. The molecule has 0 aliphatic heterocycles. The lowest BCUT2D eigenvalue weighted by molar-refractivity contribution is 0.120. The Hall–Kier alpha value is -1.10. The second kappa shape index (κ2) is 6.89. The van der Waals surface area contributed by atoms with E-state index in [1.54, 1.807) is 14.2 Å². The average Bonchev–Trinajstić information content (AvgIpc) is 2.46. The number of hydrogen-bond donors (Lipinski definition) is 2. The molecular formula is C15H23NO3. The van der Waals surface area contributed by atoms with Crippen LogP contribution in [0.2, 0.25) is 0 Å². The molecule has 2 atom stereocenters. The highest BCUT2D eigenvalue weighted by molar-refractivity contribution is 5.37. The normalized spacial score (nSPS) is 19.8. The van der Waals surface area contributed by atoms with Crippen molar-refractivity contribution in [3.63, 3.8) is 0 Å². The molecule has 0 saturated carbocycles. The van der Waals surface area contributed by atoms with Gasteiger partial charge in [-0.3, -0.25) is 0 Å². The van der Waals surface area contributed by atoms with Crippen LogP contribution in [0.5, 0.6) is 5.75 Å². The zero-order valence-electron chi connectivity index (χ0n) is 11.7. The number of ether oxygens (including phenoxy) is 2. The molecule has 0 spiro atoms. The quantitative estimate of drug-likeness (QED) is 0.810. The average molecular weight is 265 g/mol. The molecule has 0 heterocycles. The summed E-state index contributed by atoms with van der Waals surface area (Å²) in [6.07, 6.45) is 3.15. The first-order valence-corrected chi connectivity index (χ1v) is 6.78. The summed E-state index contributed by atoms with van der Waals surface area (Å²) in [5, 5.41) is 12.8. The van der Waals surface area contributed by atoms with E-state index in [-0.39, 0.29) is 12.6 Å². The molecule has 0 bridgehead atoms. The third kappa shape index (κ3) is 3.69. The van der Waals surface area contributed by atoms with E-state index in [4.69, 9.17) is 9.47 Å². The number of aliphatic hydroxyl groups excluding tert-OH is 1. The first-order chi connectivity index (χ1) is 9.26. The topological polar surface area (TPSA) is 50.7 Å². The number of aliphatic hydroxyl groups is 1. The smallest absolute Gasteiger partial charge is 0.119 e. The van der Waals surface area contributed by atoms with Crippen molar-refractivity contribution in [1.82, 2.24) is 5.32 Å². The highest BCUT2D eigenvalue weighted by Gasteiger charge is 2.21. The van der Waals surface area contributed by atoms with Crippen molar-refractivity contribution in [2.75, 3.05) is 27.4 Å². The Balaban J connectivity index is 2.00. The molecule has 2 unspecified atom stereocenters. The number of hydrogen-bond acceptors (Lipinski definition) is 4. The minimum atomic E-state index is 0.0159. The van der Waals surface area contributed by atoms with Gasteiger partial charge < -0.3 is 19.9 Å². The Morgan fingerprint density at radius 1 is 1.37 bits per heavy atom. The summed E-state index contributed by atoms with van der Waals surface area (Å²) in [7, 11) is 3.35. The van der Waals surface area contributed by atoms with Gasteiger partial charge in [0.1, 0.15) is 5.75 Å². The third-order valence-electron chi connectivity index (χ3n) is 3.70. The van der Waals surface area contributed by atoms with Crippen molar-refractivity contribution in [2.45, 2.75) is 31.3 Å². The Morgan fingerprint density at radius 2 is 2.21 bits per heavy atom. The van der Waals surface area contributed by atoms with E-state index >= 15 is 0 Å². The van der Waals surface area contributed by atoms with Crippen molar-refractivity contribution in [1.29, 1.82) is 0 Å². The van der Waals surface area contributed by atoms with Crippen molar-refractivity contribution in [2.24, 2.45) is 0 Å². The molecule has 0 fully saturated rings. The molecule has 0 radical (unpaired) electrons. The molecule has 2 rings (SSSR count). The lowest BCUT2D eigenvalue weighted by atomic mass is 9.88. The van der Waals surface area contributed by atoms with E-state index in [9.17, 15) is 5.11 Å². The van der Waals surface area contributed by atoms with Crippen LogP contribution in [-0.2, 0) is 17.6 Å². The Kier molecular flexibility index (Phi) is 5.19. The molecule has 1 aliphatic carbocycles. The SMILES string of the molecule is COCC(CO)NC1CCc2ccc(OC)cc2C1. The van der Waals surface area contributed by atoms with Crippen LogP contribution in [0.25, 0.3) is 0 Å². The predicted molar refractivity (Wildman–Crippen MR) is 74.7 cm³/mol. The molecule has 19 heavy (non-hydrogen) atoms. The van der Waals surface area contributed by atoms with Crippen LogP contribution in [0.4, 0.5) is 0 Å². The maximum absolute atomic E-state index is 9.30. The van der Waals surface area contributed by atoms with Gasteiger partial charge in [-0.1, -0.05) is 6.07 Å². The van der Waals surface area contributed by atoms with Gasteiger partial charge in [-0.15, -0.1) is 0 Å². The summed E-state index contributed by atoms with van der Waals surface area (Å²) in [5.74, 6) is 0.912. The van der Waals surface area contributed by atoms with Crippen molar-refractivity contribution in [3.05, 3.63) is 29.3 Å². The van der Waals surface area contributed by atoms with E-state index < -0.39 is 0 Å². The van der Waals surface area contributed by atoms with Crippen LogP contribution < -0.4 is 10.1 Å². The lowest BCUT2D eigenvalue weighted by Gasteiger charge is -2.29. The Bertz CT molecular complexity index is 408. The highest BCUT2D eigenvalue weighted by atomic mass is 16.5. The first kappa shape index (κ1) is 14.3. The van der Waals surface area contributed by atoms with Gasteiger partial charge in [-0.05, 0) is 42.5 Å². The Morgan fingerprint density at radius 3 is 2.89 bits per heavy atom. The lowest BCUT2D eigenvalue weighted by Crippen LogP contribution is -2.45. The number of benzene rings is 1. The third-order valence-corrected chi connectivity index (χ3v) is 3.70. The van der Waals surface area contributed by atoms with E-state index in [1.165, 1.54) is 11.1 Å². The van der Waals surface area contributed by atoms with Gasteiger partial charge in [0.05, 0.1) is 26.4 Å². The van der Waals surface area contributed by atoms with Gasteiger partial charge in [-0.2, -0.15) is 0 Å². The molecule has 4 heteroatoms. The summed E-state index contributed by atoms with van der Waals surface area (Å²) < 4.78 is 10.4. The molecule has 1 aromatic rings. The van der Waals surface area contributed by atoms with Gasteiger partial charge in [0.2, 0.25) is 0 Å². The molecule has 0 aromatic heterocycles. The second-order valence-electron chi connectivity index (χ2n) is 5.08. The van der Waals surface area contributed by atoms with Crippen molar-refractivity contribution < 1.29 is 14.6 Å². The summed E-state index contributed by atoms with van der Waals surface area (Å²) in [5.41, 5.74) is 2.75. The molecule has 0 saturated heterocycles. The van der Waals surface area contributed by atoms with Crippen molar-refractivity contribution in [3.8, 4) is 5.75 Å². The molecule has 4 nitrogen and oxygen atoms in total. The first-order valence-electron chi connectivity index (χ1n) is 6.78. The van der Waals surface area contributed by atoms with Crippen molar-refractivity contribution >= 4 is 0 Å². The van der Waals surface area contributed by atoms with Crippen LogP contribution in [0.1, 0.15) is 17.5 Å². The minimum absolute atomic E-state index is 0.0159. The van der Waals surface area contributed by atoms with Gasteiger partial charge in [0.25, 0.3) is 0 Å². The molecule has 106 valence electrons. The fraction of sp³-hybridized carbons (Fsp3) is 0.600. The number of nitrogens with one attached hydrogen (secondary N) is 1. The highest BCUT2D eigenvalue weighted by Crippen LogP contribution is 2.25.